The lowest BCUT2D eigenvalue weighted by molar-refractivity contribution is 0.429. The quantitative estimate of drug-likeness (QED) is 0.788. The van der Waals surface area contributed by atoms with Crippen molar-refractivity contribution < 1.29 is 4.42 Å². The van der Waals surface area contributed by atoms with E-state index in [0.29, 0.717) is 11.1 Å². The van der Waals surface area contributed by atoms with Crippen LogP contribution in [0.2, 0.25) is 0 Å². The van der Waals surface area contributed by atoms with E-state index < -0.39 is 0 Å². The van der Waals surface area contributed by atoms with E-state index in [-0.39, 0.29) is 0 Å². The van der Waals surface area contributed by atoms with Gasteiger partial charge in [0.15, 0.2) is 0 Å². The van der Waals surface area contributed by atoms with Gasteiger partial charge in [-0.15, -0.1) is 10.2 Å². The molecule has 0 aliphatic rings. The van der Waals surface area contributed by atoms with Crippen LogP contribution in [0, 0.1) is 6.92 Å². The highest BCUT2D eigenvalue weighted by Crippen LogP contribution is 2.28. The lowest BCUT2D eigenvalue weighted by Crippen LogP contribution is -2.01. The molecule has 0 bridgehead atoms. The van der Waals surface area contributed by atoms with Crippen LogP contribution in [0.5, 0.6) is 0 Å². The maximum Gasteiger partial charge on any atom is 0.276 e. The molecule has 0 aromatic carbocycles. The Labute approximate surface area is 118 Å². The van der Waals surface area contributed by atoms with E-state index >= 15 is 0 Å². The summed E-state index contributed by atoms with van der Waals surface area (Å²) in [6.07, 6.45) is 0.922. The average Bonchev–Trinajstić information content (AvgIpc) is 2.91. The summed E-state index contributed by atoms with van der Waals surface area (Å²) >= 11 is 5.15. The van der Waals surface area contributed by atoms with Gasteiger partial charge >= 0.3 is 0 Å². The highest BCUT2D eigenvalue weighted by atomic mass is 79.9. The number of aryl methyl sites for hydroxylation is 3. The zero-order valence-corrected chi connectivity index (χ0v) is 13.0. The van der Waals surface area contributed by atoms with Crippen molar-refractivity contribution in [2.75, 3.05) is 0 Å². The van der Waals surface area contributed by atoms with Crippen LogP contribution in [-0.4, -0.2) is 20.0 Å². The molecule has 18 heavy (non-hydrogen) atoms. The minimum Gasteiger partial charge on any atom is -0.416 e. The van der Waals surface area contributed by atoms with Crippen LogP contribution in [0.1, 0.15) is 31.1 Å². The SMILES string of the molecule is CCc1nn(CC)c(CSc2nnc(C)o2)c1Br. The largest absolute Gasteiger partial charge is 0.416 e. The fourth-order valence-electron chi connectivity index (χ4n) is 1.62. The van der Waals surface area contributed by atoms with Crippen molar-refractivity contribution in [2.24, 2.45) is 0 Å². The first-order valence-electron chi connectivity index (χ1n) is 5.82. The number of aromatic nitrogens is 4. The molecule has 2 heterocycles. The van der Waals surface area contributed by atoms with E-state index in [1.54, 1.807) is 6.92 Å². The zero-order valence-electron chi connectivity index (χ0n) is 10.6. The Balaban J connectivity index is 2.15. The molecule has 2 aromatic heterocycles. The molecule has 7 heteroatoms. The topological polar surface area (TPSA) is 56.7 Å². The minimum absolute atomic E-state index is 0.592. The third kappa shape index (κ3) is 2.77. The maximum atomic E-state index is 5.35. The van der Waals surface area contributed by atoms with Crippen molar-refractivity contribution in [1.82, 2.24) is 20.0 Å². The molecule has 5 nitrogen and oxygen atoms in total. The molecule has 0 amide bonds. The van der Waals surface area contributed by atoms with Gasteiger partial charge < -0.3 is 4.42 Å². The first-order valence-corrected chi connectivity index (χ1v) is 7.60. The number of halogens is 1. The third-order valence-electron chi connectivity index (χ3n) is 2.53. The molecule has 0 aliphatic carbocycles. The second kappa shape index (κ2) is 5.88. The Hall–Kier alpha value is -0.820. The molecule has 0 fully saturated rings. The van der Waals surface area contributed by atoms with E-state index in [2.05, 4.69) is 45.1 Å². The normalized spacial score (nSPS) is 11.1. The lowest BCUT2D eigenvalue weighted by atomic mass is 10.3. The second-order valence-electron chi connectivity index (χ2n) is 3.75. The highest BCUT2D eigenvalue weighted by Gasteiger charge is 2.15. The maximum absolute atomic E-state index is 5.35. The van der Waals surface area contributed by atoms with Gasteiger partial charge in [-0.3, -0.25) is 4.68 Å². The standard InChI is InChI=1S/C11H15BrN4OS/c1-4-8-10(12)9(16(5-2)15-8)6-18-11-14-13-7(3)17-11/h4-6H2,1-3H3. The summed E-state index contributed by atoms with van der Waals surface area (Å²) in [5, 5.41) is 12.9. The van der Waals surface area contributed by atoms with E-state index in [0.717, 1.165) is 34.6 Å². The minimum atomic E-state index is 0.592. The number of nitrogens with zero attached hydrogens (tertiary/aromatic N) is 4. The summed E-state index contributed by atoms with van der Waals surface area (Å²) in [7, 11) is 0. The van der Waals surface area contributed by atoms with Gasteiger partial charge in [-0.25, -0.2) is 0 Å². The van der Waals surface area contributed by atoms with Crippen molar-refractivity contribution in [3.8, 4) is 0 Å². The molecule has 0 unspecified atom stereocenters. The molecule has 98 valence electrons. The Bertz CT molecular complexity index is 537. The molecular formula is C11H15BrN4OS. The molecule has 0 radical (unpaired) electrons. The number of thioether (sulfide) groups is 1. The fraction of sp³-hybridized carbons (Fsp3) is 0.545. The van der Waals surface area contributed by atoms with Crippen molar-refractivity contribution in [1.29, 1.82) is 0 Å². The fourth-order valence-corrected chi connectivity index (χ4v) is 3.34. The predicted molar refractivity (Wildman–Crippen MR) is 73.6 cm³/mol. The Morgan fingerprint density at radius 3 is 2.67 bits per heavy atom. The molecule has 2 aromatic rings. The van der Waals surface area contributed by atoms with Gasteiger partial charge in [0.2, 0.25) is 5.89 Å². The molecule has 0 saturated heterocycles. The summed E-state index contributed by atoms with van der Waals surface area (Å²) in [5.41, 5.74) is 2.25. The van der Waals surface area contributed by atoms with E-state index in [1.807, 2.05) is 4.68 Å². The third-order valence-corrected chi connectivity index (χ3v) is 4.28. The first-order chi connectivity index (χ1) is 8.65. The van der Waals surface area contributed by atoms with Crippen molar-refractivity contribution in [2.45, 2.75) is 44.7 Å². The smallest absolute Gasteiger partial charge is 0.276 e. The first kappa shape index (κ1) is 13.6. The van der Waals surface area contributed by atoms with Crippen LogP contribution < -0.4 is 0 Å². The molecule has 0 spiro atoms. The molecule has 0 aliphatic heterocycles. The second-order valence-corrected chi connectivity index (χ2v) is 5.47. The van der Waals surface area contributed by atoms with Gasteiger partial charge in [-0.05, 0) is 29.3 Å². The molecular weight excluding hydrogens is 316 g/mol. The monoisotopic (exact) mass is 330 g/mol. The Morgan fingerprint density at radius 2 is 2.11 bits per heavy atom. The molecule has 0 atom stereocenters. The number of rotatable bonds is 5. The van der Waals surface area contributed by atoms with E-state index in [4.69, 9.17) is 4.42 Å². The van der Waals surface area contributed by atoms with Crippen molar-refractivity contribution >= 4 is 27.7 Å². The molecule has 0 N–H and O–H groups in total. The Kier molecular flexibility index (Phi) is 4.45. The summed E-state index contributed by atoms with van der Waals surface area (Å²) in [6.45, 7) is 6.84. The number of hydrogen-bond donors (Lipinski definition) is 0. The lowest BCUT2D eigenvalue weighted by Gasteiger charge is -2.02. The van der Waals surface area contributed by atoms with Crippen molar-refractivity contribution in [3.05, 3.63) is 21.8 Å². The zero-order chi connectivity index (χ0) is 13.1. The Morgan fingerprint density at radius 1 is 1.33 bits per heavy atom. The summed E-state index contributed by atoms with van der Waals surface area (Å²) in [6, 6.07) is 0. The summed E-state index contributed by atoms with van der Waals surface area (Å²) in [4.78, 5) is 0. The molecule has 2 rings (SSSR count). The van der Waals surface area contributed by atoms with Gasteiger partial charge in [0.05, 0.1) is 15.9 Å². The summed E-state index contributed by atoms with van der Waals surface area (Å²) in [5.74, 6) is 1.36. The van der Waals surface area contributed by atoms with Gasteiger partial charge in [0, 0.05) is 19.2 Å². The van der Waals surface area contributed by atoms with Gasteiger partial charge in [0.1, 0.15) is 0 Å². The van der Waals surface area contributed by atoms with Crippen LogP contribution in [0.3, 0.4) is 0 Å². The summed E-state index contributed by atoms with van der Waals surface area (Å²) < 4.78 is 8.45. The van der Waals surface area contributed by atoms with E-state index in [9.17, 15) is 0 Å². The van der Waals surface area contributed by atoms with Crippen LogP contribution in [-0.2, 0) is 18.7 Å². The van der Waals surface area contributed by atoms with Crippen molar-refractivity contribution in [3.63, 3.8) is 0 Å². The predicted octanol–water partition coefficient (Wildman–Crippen LogP) is 3.21. The highest BCUT2D eigenvalue weighted by molar-refractivity contribution is 9.10. The van der Waals surface area contributed by atoms with Gasteiger partial charge in [-0.2, -0.15) is 5.10 Å². The van der Waals surface area contributed by atoms with Gasteiger partial charge in [-0.1, -0.05) is 18.7 Å². The van der Waals surface area contributed by atoms with E-state index in [1.165, 1.54) is 11.8 Å². The van der Waals surface area contributed by atoms with Crippen LogP contribution in [0.25, 0.3) is 0 Å². The average molecular weight is 331 g/mol. The number of hydrogen-bond acceptors (Lipinski definition) is 5. The van der Waals surface area contributed by atoms with Crippen LogP contribution in [0.4, 0.5) is 0 Å². The molecule has 0 saturated carbocycles. The van der Waals surface area contributed by atoms with Crippen LogP contribution >= 0.6 is 27.7 Å². The van der Waals surface area contributed by atoms with Gasteiger partial charge in [0.25, 0.3) is 5.22 Å². The van der Waals surface area contributed by atoms with Crippen LogP contribution in [0.15, 0.2) is 14.1 Å².